The number of halogens is 3. The molecule has 0 fully saturated rings. The largest absolute Gasteiger partial charge is 0.507 e. The Hall–Kier alpha value is -2.58. The highest BCUT2D eigenvalue weighted by Crippen LogP contribution is 2.29. The Kier molecular flexibility index (Phi) is 4.64. The number of benzene rings is 3. The Labute approximate surface area is 148 Å². The number of phenolic OH excluding ortho intramolecular Hbond substituents is 1. The van der Waals surface area contributed by atoms with E-state index in [1.54, 1.807) is 12.1 Å². The van der Waals surface area contributed by atoms with Crippen LogP contribution in [0, 0.1) is 0 Å². The first-order valence-electron chi connectivity index (χ1n) is 7.54. The van der Waals surface area contributed by atoms with Crippen molar-refractivity contribution in [3.05, 3.63) is 71.8 Å². The van der Waals surface area contributed by atoms with E-state index >= 15 is 0 Å². The SMILES string of the molecule is O=S(=O)(NCc1ccc(C(F)(F)F)cc1)c1ccc2c(O)cccc2c1. The summed E-state index contributed by atoms with van der Waals surface area (Å²) in [5.41, 5.74) is -0.390. The van der Waals surface area contributed by atoms with Gasteiger partial charge in [0.2, 0.25) is 10.0 Å². The monoisotopic (exact) mass is 381 g/mol. The maximum absolute atomic E-state index is 12.5. The Bertz CT molecular complexity index is 1050. The summed E-state index contributed by atoms with van der Waals surface area (Å²) in [7, 11) is -3.86. The van der Waals surface area contributed by atoms with Crippen LogP contribution in [0.15, 0.2) is 65.6 Å². The highest BCUT2D eigenvalue weighted by atomic mass is 32.2. The Morgan fingerprint density at radius 1 is 0.962 bits per heavy atom. The molecule has 2 N–H and O–H groups in total. The molecule has 0 spiro atoms. The van der Waals surface area contributed by atoms with Crippen LogP contribution >= 0.6 is 0 Å². The summed E-state index contributed by atoms with van der Waals surface area (Å²) in [5, 5.41) is 10.8. The van der Waals surface area contributed by atoms with Gasteiger partial charge in [-0.3, -0.25) is 0 Å². The molecule has 0 saturated carbocycles. The molecule has 0 aromatic heterocycles. The molecule has 3 aromatic carbocycles. The van der Waals surface area contributed by atoms with Gasteiger partial charge in [-0.15, -0.1) is 0 Å². The predicted molar refractivity (Wildman–Crippen MR) is 91.1 cm³/mol. The molecule has 0 aliphatic rings. The Morgan fingerprint density at radius 3 is 2.31 bits per heavy atom. The lowest BCUT2D eigenvalue weighted by Gasteiger charge is -2.10. The van der Waals surface area contributed by atoms with Crippen molar-refractivity contribution in [2.24, 2.45) is 0 Å². The van der Waals surface area contributed by atoms with Crippen molar-refractivity contribution in [3.63, 3.8) is 0 Å². The molecule has 0 bridgehead atoms. The molecular formula is C18H14F3NO3S. The van der Waals surface area contributed by atoms with E-state index in [0.717, 1.165) is 12.1 Å². The first-order valence-corrected chi connectivity index (χ1v) is 9.03. The zero-order valence-electron chi connectivity index (χ0n) is 13.3. The molecule has 4 nitrogen and oxygen atoms in total. The van der Waals surface area contributed by atoms with Gasteiger partial charge in [0, 0.05) is 11.9 Å². The van der Waals surface area contributed by atoms with Crippen molar-refractivity contribution < 1.29 is 26.7 Å². The summed E-state index contributed by atoms with van der Waals surface area (Å²) in [6.45, 7) is -0.140. The van der Waals surface area contributed by atoms with Gasteiger partial charge in [0.05, 0.1) is 10.5 Å². The molecule has 0 heterocycles. The van der Waals surface area contributed by atoms with Gasteiger partial charge in [0.1, 0.15) is 5.75 Å². The second-order valence-corrected chi connectivity index (χ2v) is 7.45. The van der Waals surface area contributed by atoms with E-state index in [4.69, 9.17) is 0 Å². The number of sulfonamides is 1. The topological polar surface area (TPSA) is 66.4 Å². The van der Waals surface area contributed by atoms with Crippen LogP contribution in [0.1, 0.15) is 11.1 Å². The van der Waals surface area contributed by atoms with E-state index in [-0.39, 0.29) is 17.2 Å². The number of aromatic hydroxyl groups is 1. The summed E-state index contributed by atoms with van der Waals surface area (Å²) < 4.78 is 64.8. The Morgan fingerprint density at radius 2 is 1.65 bits per heavy atom. The lowest BCUT2D eigenvalue weighted by Crippen LogP contribution is -2.23. The van der Waals surface area contributed by atoms with Crippen LogP contribution in [0.5, 0.6) is 5.75 Å². The number of phenols is 1. The molecule has 0 unspecified atom stereocenters. The molecule has 0 aliphatic heterocycles. The van der Waals surface area contributed by atoms with Gasteiger partial charge in [-0.05, 0) is 47.3 Å². The lowest BCUT2D eigenvalue weighted by atomic mass is 10.1. The second kappa shape index (κ2) is 6.62. The van der Waals surface area contributed by atoms with E-state index < -0.39 is 21.8 Å². The average Bonchev–Trinajstić information content (AvgIpc) is 2.59. The molecule has 136 valence electrons. The van der Waals surface area contributed by atoms with Crippen LogP contribution < -0.4 is 4.72 Å². The van der Waals surface area contributed by atoms with Gasteiger partial charge in [0.25, 0.3) is 0 Å². The van der Waals surface area contributed by atoms with E-state index in [0.29, 0.717) is 16.3 Å². The number of alkyl halides is 3. The fourth-order valence-electron chi connectivity index (χ4n) is 2.49. The third-order valence-electron chi connectivity index (χ3n) is 3.89. The zero-order chi connectivity index (χ0) is 18.9. The molecule has 0 atom stereocenters. The number of hydrogen-bond donors (Lipinski definition) is 2. The minimum atomic E-state index is -4.44. The van der Waals surface area contributed by atoms with Crippen LogP contribution in [-0.4, -0.2) is 13.5 Å². The number of rotatable bonds is 4. The first-order chi connectivity index (χ1) is 12.2. The summed E-state index contributed by atoms with van der Waals surface area (Å²) in [4.78, 5) is 0.00233. The third kappa shape index (κ3) is 3.81. The maximum atomic E-state index is 12.5. The minimum absolute atomic E-state index is 0.00233. The molecule has 0 aliphatic carbocycles. The van der Waals surface area contributed by atoms with Crippen molar-refractivity contribution in [3.8, 4) is 5.75 Å². The van der Waals surface area contributed by atoms with E-state index in [2.05, 4.69) is 4.72 Å². The molecule has 0 radical (unpaired) electrons. The van der Waals surface area contributed by atoms with Crippen LogP contribution in [0.4, 0.5) is 13.2 Å². The predicted octanol–water partition coefficient (Wildman–Crippen LogP) is 4.04. The smallest absolute Gasteiger partial charge is 0.416 e. The van der Waals surface area contributed by atoms with Crippen LogP contribution in [0.25, 0.3) is 10.8 Å². The summed E-state index contributed by atoms with van der Waals surface area (Å²) in [6, 6.07) is 13.3. The van der Waals surface area contributed by atoms with Crippen LogP contribution in [0.2, 0.25) is 0 Å². The number of fused-ring (bicyclic) bond motifs is 1. The molecule has 3 aromatic rings. The van der Waals surface area contributed by atoms with Crippen molar-refractivity contribution >= 4 is 20.8 Å². The quantitative estimate of drug-likeness (QED) is 0.717. The van der Waals surface area contributed by atoms with Gasteiger partial charge in [-0.2, -0.15) is 13.2 Å². The van der Waals surface area contributed by atoms with Gasteiger partial charge in [-0.25, -0.2) is 13.1 Å². The fraction of sp³-hybridized carbons (Fsp3) is 0.111. The normalized spacial score (nSPS) is 12.4. The minimum Gasteiger partial charge on any atom is -0.507 e. The Balaban J connectivity index is 1.79. The molecule has 26 heavy (non-hydrogen) atoms. The van der Waals surface area contributed by atoms with Crippen molar-refractivity contribution in [2.45, 2.75) is 17.6 Å². The molecule has 0 amide bonds. The zero-order valence-corrected chi connectivity index (χ0v) is 14.1. The first kappa shape index (κ1) is 18.2. The summed E-state index contributed by atoms with van der Waals surface area (Å²) >= 11 is 0. The molecular weight excluding hydrogens is 367 g/mol. The molecule has 3 rings (SSSR count). The molecule has 8 heteroatoms. The number of nitrogens with one attached hydrogen (secondary N) is 1. The molecule has 0 saturated heterocycles. The van der Waals surface area contributed by atoms with Crippen molar-refractivity contribution in [1.82, 2.24) is 4.72 Å². The fourth-order valence-corrected chi connectivity index (χ4v) is 3.54. The van der Waals surface area contributed by atoms with Gasteiger partial charge >= 0.3 is 6.18 Å². The van der Waals surface area contributed by atoms with E-state index in [1.165, 1.54) is 36.4 Å². The van der Waals surface area contributed by atoms with E-state index in [1.807, 2.05) is 0 Å². The van der Waals surface area contributed by atoms with Crippen LogP contribution in [-0.2, 0) is 22.7 Å². The van der Waals surface area contributed by atoms with Crippen molar-refractivity contribution in [2.75, 3.05) is 0 Å². The lowest BCUT2D eigenvalue weighted by molar-refractivity contribution is -0.137. The van der Waals surface area contributed by atoms with Gasteiger partial charge in [-0.1, -0.05) is 24.3 Å². The van der Waals surface area contributed by atoms with Crippen LogP contribution in [0.3, 0.4) is 0 Å². The van der Waals surface area contributed by atoms with Gasteiger partial charge < -0.3 is 5.11 Å². The standard InChI is InChI=1S/C18H14F3NO3S/c19-18(20,21)14-6-4-12(5-7-14)11-22-26(24,25)15-8-9-16-13(10-15)2-1-3-17(16)23/h1-10,22-23H,11H2. The van der Waals surface area contributed by atoms with Crippen molar-refractivity contribution in [1.29, 1.82) is 0 Å². The number of hydrogen-bond acceptors (Lipinski definition) is 3. The average molecular weight is 381 g/mol. The summed E-state index contributed by atoms with van der Waals surface area (Å²) in [5.74, 6) is 0.0455. The van der Waals surface area contributed by atoms with Gasteiger partial charge in [0.15, 0.2) is 0 Å². The maximum Gasteiger partial charge on any atom is 0.416 e. The highest BCUT2D eigenvalue weighted by molar-refractivity contribution is 7.89. The second-order valence-electron chi connectivity index (χ2n) is 5.68. The summed E-state index contributed by atoms with van der Waals surface area (Å²) in [6.07, 6.45) is -4.44. The van der Waals surface area contributed by atoms with E-state index in [9.17, 15) is 26.7 Å². The third-order valence-corrected chi connectivity index (χ3v) is 5.29. The highest BCUT2D eigenvalue weighted by Gasteiger charge is 2.29.